The van der Waals surface area contributed by atoms with Crippen molar-refractivity contribution in [1.29, 1.82) is 0 Å². The monoisotopic (exact) mass is 467 g/mol. The minimum Gasteiger partial charge on any atom is -0.326 e. The second kappa shape index (κ2) is 13.7. The minimum atomic E-state index is -0.0671. The molecule has 178 valence electrons. The van der Waals surface area contributed by atoms with Gasteiger partial charge in [0.25, 0.3) is 0 Å². The summed E-state index contributed by atoms with van der Waals surface area (Å²) in [4.78, 5) is 25.1. The Kier molecular flexibility index (Phi) is 10.4. The number of benzene rings is 1. The maximum absolute atomic E-state index is 12.3. The fraction of sp³-hybridized carbons (Fsp3) is 0.148. The van der Waals surface area contributed by atoms with E-state index in [1.165, 1.54) is 0 Å². The molecule has 0 aliphatic heterocycles. The highest BCUT2D eigenvalue weighted by molar-refractivity contribution is 5.92. The molecule has 0 spiro atoms. The zero-order valence-corrected chi connectivity index (χ0v) is 20.2. The van der Waals surface area contributed by atoms with Gasteiger partial charge in [-0.15, -0.1) is 25.5 Å². The molecular formula is C27H29N7O. The van der Waals surface area contributed by atoms with E-state index in [1.807, 2.05) is 50.5 Å². The van der Waals surface area contributed by atoms with Crippen LogP contribution in [0.4, 0.5) is 17.3 Å². The molecule has 8 nitrogen and oxygen atoms in total. The van der Waals surface area contributed by atoms with Crippen LogP contribution in [0.5, 0.6) is 0 Å². The second-order valence-corrected chi connectivity index (χ2v) is 7.22. The van der Waals surface area contributed by atoms with Crippen LogP contribution in [-0.2, 0) is 18.3 Å². The molecule has 1 aromatic carbocycles. The van der Waals surface area contributed by atoms with Crippen molar-refractivity contribution in [1.82, 2.24) is 24.7 Å². The lowest BCUT2D eigenvalue weighted by atomic mass is 10.1. The van der Waals surface area contributed by atoms with Gasteiger partial charge in [0.15, 0.2) is 0 Å². The second-order valence-electron chi connectivity index (χ2n) is 7.22. The number of anilines is 3. The van der Waals surface area contributed by atoms with E-state index in [0.29, 0.717) is 12.4 Å². The summed E-state index contributed by atoms with van der Waals surface area (Å²) in [5.74, 6) is 2.69. The third kappa shape index (κ3) is 8.59. The van der Waals surface area contributed by atoms with Crippen LogP contribution in [0.1, 0.15) is 18.2 Å². The first-order valence-corrected chi connectivity index (χ1v) is 10.7. The molecule has 0 unspecified atom stereocenters. The van der Waals surface area contributed by atoms with E-state index in [2.05, 4.69) is 56.2 Å². The van der Waals surface area contributed by atoms with Crippen molar-refractivity contribution in [3.8, 4) is 23.5 Å². The van der Waals surface area contributed by atoms with Crippen molar-refractivity contribution in [3.05, 3.63) is 91.8 Å². The number of carbonyl (C=O) groups excluding carboxylic acids is 1. The third-order valence-corrected chi connectivity index (χ3v) is 4.45. The number of aryl methyl sites for hydroxylation is 2. The molecule has 3 aromatic heterocycles. The van der Waals surface area contributed by atoms with Gasteiger partial charge in [0.1, 0.15) is 0 Å². The number of terminal acetylenes is 1. The predicted molar refractivity (Wildman–Crippen MR) is 141 cm³/mol. The smallest absolute Gasteiger partial charge is 0.228 e. The number of nitrogens with zero attached hydrogens (tertiary/aromatic N) is 5. The molecular weight excluding hydrogens is 438 g/mol. The number of hydrogen-bond donors (Lipinski definition) is 2. The van der Waals surface area contributed by atoms with Crippen molar-refractivity contribution >= 4 is 23.2 Å². The number of hydrogen-bond acceptors (Lipinski definition) is 6. The topological polar surface area (TPSA) is 97.6 Å². The molecule has 35 heavy (non-hydrogen) atoms. The maximum atomic E-state index is 12.3. The van der Waals surface area contributed by atoms with E-state index in [1.54, 1.807) is 42.5 Å². The van der Waals surface area contributed by atoms with Crippen LogP contribution in [0.25, 0.3) is 11.1 Å². The SMILES string of the molecule is C#CC.C=C.Cc1cc(NC(=O)Cc2ccc(-c3cnc(Nc4cnn(C)c4)nc3)cc2)ccn1. The maximum Gasteiger partial charge on any atom is 0.228 e. The van der Waals surface area contributed by atoms with Gasteiger partial charge in [-0.2, -0.15) is 5.10 Å². The van der Waals surface area contributed by atoms with Gasteiger partial charge in [-0.05, 0) is 37.1 Å². The summed E-state index contributed by atoms with van der Waals surface area (Å²) in [6.45, 7) is 9.54. The van der Waals surface area contributed by atoms with E-state index >= 15 is 0 Å². The number of rotatable bonds is 6. The predicted octanol–water partition coefficient (Wildman–Crippen LogP) is 4.95. The molecule has 3 heterocycles. The number of aromatic nitrogens is 5. The Morgan fingerprint density at radius 1 is 1.03 bits per heavy atom. The molecule has 0 aliphatic carbocycles. The molecule has 0 radical (unpaired) electrons. The van der Waals surface area contributed by atoms with E-state index in [0.717, 1.165) is 33.8 Å². The minimum absolute atomic E-state index is 0.0671. The zero-order chi connectivity index (χ0) is 25.6. The van der Waals surface area contributed by atoms with Crippen LogP contribution in [0.2, 0.25) is 0 Å². The van der Waals surface area contributed by atoms with Crippen molar-refractivity contribution < 1.29 is 4.79 Å². The summed E-state index contributed by atoms with van der Waals surface area (Å²) in [5, 5.41) is 10.1. The Labute approximate surface area is 206 Å². The molecule has 0 bridgehead atoms. The van der Waals surface area contributed by atoms with Gasteiger partial charge in [-0.25, -0.2) is 9.97 Å². The Morgan fingerprint density at radius 2 is 1.69 bits per heavy atom. The lowest BCUT2D eigenvalue weighted by molar-refractivity contribution is -0.115. The van der Waals surface area contributed by atoms with Crippen LogP contribution in [0.3, 0.4) is 0 Å². The summed E-state index contributed by atoms with van der Waals surface area (Å²) in [6, 6.07) is 11.4. The van der Waals surface area contributed by atoms with Crippen molar-refractivity contribution in [2.75, 3.05) is 10.6 Å². The van der Waals surface area contributed by atoms with Crippen LogP contribution >= 0.6 is 0 Å². The summed E-state index contributed by atoms with van der Waals surface area (Å²) >= 11 is 0. The molecule has 4 rings (SSSR count). The molecule has 0 aliphatic rings. The molecule has 0 atom stereocenters. The van der Waals surface area contributed by atoms with Crippen molar-refractivity contribution in [3.63, 3.8) is 0 Å². The number of nitrogens with one attached hydrogen (secondary N) is 2. The highest BCUT2D eigenvalue weighted by Gasteiger charge is 2.06. The van der Waals surface area contributed by atoms with Gasteiger partial charge < -0.3 is 10.6 Å². The average Bonchev–Trinajstić information content (AvgIpc) is 3.26. The first kappa shape index (κ1) is 26.5. The van der Waals surface area contributed by atoms with Crippen LogP contribution < -0.4 is 10.6 Å². The fourth-order valence-electron chi connectivity index (χ4n) is 2.99. The Morgan fingerprint density at radius 3 is 2.26 bits per heavy atom. The van der Waals surface area contributed by atoms with E-state index < -0.39 is 0 Å². The van der Waals surface area contributed by atoms with Gasteiger partial charge in [-0.3, -0.25) is 14.5 Å². The Bertz CT molecular complexity index is 1260. The summed E-state index contributed by atoms with van der Waals surface area (Å²) in [5.41, 5.74) is 5.25. The highest BCUT2D eigenvalue weighted by atomic mass is 16.1. The molecule has 8 heteroatoms. The van der Waals surface area contributed by atoms with E-state index in [4.69, 9.17) is 0 Å². The van der Waals surface area contributed by atoms with Crippen LogP contribution in [-0.4, -0.2) is 30.6 Å². The standard InChI is InChI=1S/C22H21N7O.C3H4.C2H4/c1-15-9-19(7-8-23-15)27-21(30)10-16-3-5-17(6-4-16)18-11-24-22(25-12-18)28-20-13-26-29(2)14-20;1-3-2;1-2/h3-9,11-14H,10H2,1-2H3,(H,23,27,30)(H,24,25,28);1H,2H3;1-2H2. The lowest BCUT2D eigenvalue weighted by Gasteiger charge is -2.07. The lowest BCUT2D eigenvalue weighted by Crippen LogP contribution is -2.14. The van der Waals surface area contributed by atoms with Crippen LogP contribution in [0.15, 0.2) is 80.5 Å². The molecule has 4 aromatic rings. The van der Waals surface area contributed by atoms with Gasteiger partial charge in [0, 0.05) is 48.8 Å². The van der Waals surface area contributed by atoms with Crippen molar-refractivity contribution in [2.24, 2.45) is 7.05 Å². The van der Waals surface area contributed by atoms with Gasteiger partial charge >= 0.3 is 0 Å². The zero-order valence-electron chi connectivity index (χ0n) is 20.2. The first-order chi connectivity index (χ1) is 17.0. The highest BCUT2D eigenvalue weighted by Crippen LogP contribution is 2.20. The van der Waals surface area contributed by atoms with E-state index in [-0.39, 0.29) is 5.91 Å². The first-order valence-electron chi connectivity index (χ1n) is 10.7. The third-order valence-electron chi connectivity index (χ3n) is 4.45. The van der Waals surface area contributed by atoms with Crippen LogP contribution in [0, 0.1) is 19.3 Å². The Balaban J connectivity index is 0.000000803. The fourth-order valence-corrected chi connectivity index (χ4v) is 2.99. The van der Waals surface area contributed by atoms with E-state index in [9.17, 15) is 4.79 Å². The van der Waals surface area contributed by atoms with Gasteiger partial charge in [0.2, 0.25) is 11.9 Å². The summed E-state index contributed by atoms with van der Waals surface area (Å²) in [7, 11) is 1.85. The van der Waals surface area contributed by atoms with Crippen molar-refractivity contribution in [2.45, 2.75) is 20.3 Å². The molecule has 1 amide bonds. The molecule has 0 saturated carbocycles. The average molecular weight is 468 g/mol. The Hall–Kier alpha value is -4.77. The summed E-state index contributed by atoms with van der Waals surface area (Å²) in [6.07, 6.45) is 13.7. The molecule has 2 N–H and O–H groups in total. The normalized spacial score (nSPS) is 9.43. The largest absolute Gasteiger partial charge is 0.326 e. The quantitative estimate of drug-likeness (QED) is 0.308. The number of carbonyl (C=O) groups is 1. The number of pyridine rings is 1. The molecule has 0 saturated heterocycles. The summed E-state index contributed by atoms with van der Waals surface area (Å²) < 4.78 is 1.70. The number of amides is 1. The van der Waals surface area contributed by atoms with Gasteiger partial charge in [0.05, 0.1) is 18.3 Å². The molecule has 0 fully saturated rings. The van der Waals surface area contributed by atoms with Gasteiger partial charge in [-0.1, -0.05) is 24.3 Å².